The van der Waals surface area contributed by atoms with Crippen LogP contribution in [0.25, 0.3) is 0 Å². The lowest BCUT2D eigenvalue weighted by Gasteiger charge is -2.46. The number of hydrogen-bond donors (Lipinski definition) is 1. The van der Waals surface area contributed by atoms with Gasteiger partial charge in [0.1, 0.15) is 5.75 Å². The van der Waals surface area contributed by atoms with Gasteiger partial charge < -0.3 is 10.1 Å². The summed E-state index contributed by atoms with van der Waals surface area (Å²) in [6, 6.07) is 6.50. The van der Waals surface area contributed by atoms with Crippen LogP contribution in [0, 0.1) is 0 Å². The molecule has 0 bridgehead atoms. The number of benzene rings is 1. The highest BCUT2D eigenvalue weighted by Gasteiger charge is 2.39. The maximum Gasteiger partial charge on any atom is 0.119 e. The average molecular weight is 203 g/mol. The van der Waals surface area contributed by atoms with Crippen molar-refractivity contribution in [1.29, 1.82) is 0 Å². The highest BCUT2D eigenvalue weighted by Crippen LogP contribution is 2.36. The van der Waals surface area contributed by atoms with E-state index in [1.807, 2.05) is 0 Å². The molecule has 1 heterocycles. The first-order valence-corrected chi connectivity index (χ1v) is 5.72. The van der Waals surface area contributed by atoms with Gasteiger partial charge in [-0.1, -0.05) is 6.07 Å². The molecule has 1 saturated heterocycles. The zero-order valence-corrected chi connectivity index (χ0v) is 9.18. The van der Waals surface area contributed by atoms with Crippen molar-refractivity contribution in [2.75, 3.05) is 13.7 Å². The Bertz CT molecular complexity index is 382. The Labute approximate surface area is 90.6 Å². The minimum atomic E-state index is 0.430. The number of methoxy groups -OCH3 is 1. The molecule has 1 N–H and O–H groups in total. The molecule has 3 rings (SSSR count). The molecule has 1 aliphatic carbocycles. The summed E-state index contributed by atoms with van der Waals surface area (Å²) in [5.74, 6) is 0.991. The van der Waals surface area contributed by atoms with Crippen LogP contribution in [0.3, 0.4) is 0 Å². The fourth-order valence-electron chi connectivity index (χ4n) is 2.81. The highest BCUT2D eigenvalue weighted by molar-refractivity contribution is 5.39. The molecule has 0 radical (unpaired) electrons. The third-order valence-electron chi connectivity index (χ3n) is 3.92. The van der Waals surface area contributed by atoms with Gasteiger partial charge in [0.05, 0.1) is 7.11 Å². The zero-order chi connectivity index (χ0) is 10.3. The lowest BCUT2D eigenvalue weighted by atomic mass is 9.72. The molecule has 15 heavy (non-hydrogen) atoms. The Balaban J connectivity index is 1.92. The topological polar surface area (TPSA) is 21.3 Å². The molecule has 1 spiro atoms. The molecular formula is C13H17NO. The molecule has 0 saturated carbocycles. The van der Waals surface area contributed by atoms with Crippen molar-refractivity contribution in [3.8, 4) is 5.75 Å². The summed E-state index contributed by atoms with van der Waals surface area (Å²) in [7, 11) is 1.74. The van der Waals surface area contributed by atoms with Gasteiger partial charge >= 0.3 is 0 Å². The molecule has 1 aliphatic heterocycles. The van der Waals surface area contributed by atoms with Gasteiger partial charge in [-0.15, -0.1) is 0 Å². The summed E-state index contributed by atoms with van der Waals surface area (Å²) in [5.41, 5.74) is 3.42. The van der Waals surface area contributed by atoms with Crippen molar-refractivity contribution >= 4 is 0 Å². The Morgan fingerprint density at radius 1 is 1.27 bits per heavy atom. The Morgan fingerprint density at radius 3 is 2.80 bits per heavy atom. The van der Waals surface area contributed by atoms with E-state index < -0.39 is 0 Å². The lowest BCUT2D eigenvalue weighted by Crippen LogP contribution is -2.59. The number of aryl methyl sites for hydroxylation is 1. The SMILES string of the molecule is COc1ccc2c(c1)CC1(CCN1)CC2. The molecule has 0 amide bonds. The Kier molecular flexibility index (Phi) is 1.99. The summed E-state index contributed by atoms with van der Waals surface area (Å²) in [6.45, 7) is 1.19. The summed E-state index contributed by atoms with van der Waals surface area (Å²) in [5, 5.41) is 3.60. The molecule has 1 aromatic rings. The second-order valence-electron chi connectivity index (χ2n) is 4.77. The minimum absolute atomic E-state index is 0.430. The van der Waals surface area contributed by atoms with E-state index in [2.05, 4.69) is 23.5 Å². The highest BCUT2D eigenvalue weighted by atomic mass is 16.5. The van der Waals surface area contributed by atoms with Crippen LogP contribution in [-0.2, 0) is 12.8 Å². The van der Waals surface area contributed by atoms with Crippen LogP contribution in [0.1, 0.15) is 24.0 Å². The largest absolute Gasteiger partial charge is 0.497 e. The number of ether oxygens (including phenoxy) is 1. The van der Waals surface area contributed by atoms with E-state index in [-0.39, 0.29) is 0 Å². The van der Waals surface area contributed by atoms with E-state index in [1.54, 1.807) is 7.11 Å². The van der Waals surface area contributed by atoms with Crippen LogP contribution in [0.15, 0.2) is 18.2 Å². The van der Waals surface area contributed by atoms with Crippen LogP contribution in [0.5, 0.6) is 5.75 Å². The van der Waals surface area contributed by atoms with E-state index in [0.717, 1.165) is 5.75 Å². The standard InChI is InChI=1S/C13H17NO/c1-15-12-3-2-10-4-5-13(6-7-14-13)9-11(10)8-12/h2-3,8,14H,4-7,9H2,1H3. The third kappa shape index (κ3) is 1.44. The van der Waals surface area contributed by atoms with Gasteiger partial charge in [-0.3, -0.25) is 0 Å². The van der Waals surface area contributed by atoms with Gasteiger partial charge in [-0.2, -0.15) is 0 Å². The second kappa shape index (κ2) is 3.24. The molecule has 80 valence electrons. The van der Waals surface area contributed by atoms with E-state index in [9.17, 15) is 0 Å². The third-order valence-corrected chi connectivity index (χ3v) is 3.92. The maximum absolute atomic E-state index is 5.28. The molecule has 2 nitrogen and oxygen atoms in total. The summed E-state index contributed by atoms with van der Waals surface area (Å²) < 4.78 is 5.28. The van der Waals surface area contributed by atoms with Gasteiger partial charge in [0, 0.05) is 5.54 Å². The van der Waals surface area contributed by atoms with Crippen molar-refractivity contribution in [2.45, 2.75) is 31.2 Å². The predicted octanol–water partition coefficient (Wildman–Crippen LogP) is 1.92. The van der Waals surface area contributed by atoms with Crippen molar-refractivity contribution in [2.24, 2.45) is 0 Å². The van der Waals surface area contributed by atoms with Gasteiger partial charge in [0.25, 0.3) is 0 Å². The van der Waals surface area contributed by atoms with Crippen LogP contribution in [-0.4, -0.2) is 19.2 Å². The molecule has 0 aromatic heterocycles. The average Bonchev–Trinajstić information content (AvgIpc) is 2.25. The molecule has 1 atom stereocenters. The van der Waals surface area contributed by atoms with E-state index in [4.69, 9.17) is 4.74 Å². The summed E-state index contributed by atoms with van der Waals surface area (Å²) in [6.07, 6.45) is 5.03. The molecule has 1 fully saturated rings. The van der Waals surface area contributed by atoms with Crippen molar-refractivity contribution in [1.82, 2.24) is 5.32 Å². The normalized spacial score (nSPS) is 28.3. The Hall–Kier alpha value is -1.02. The number of hydrogen-bond acceptors (Lipinski definition) is 2. The molecule has 2 heteroatoms. The van der Waals surface area contributed by atoms with Gasteiger partial charge in [0.2, 0.25) is 0 Å². The first kappa shape index (κ1) is 9.22. The fourth-order valence-corrected chi connectivity index (χ4v) is 2.81. The number of nitrogens with one attached hydrogen (secondary N) is 1. The van der Waals surface area contributed by atoms with Gasteiger partial charge in [-0.05, 0) is 55.5 Å². The molecular weight excluding hydrogens is 186 g/mol. The zero-order valence-electron chi connectivity index (χ0n) is 9.18. The molecule has 1 unspecified atom stereocenters. The predicted molar refractivity (Wildman–Crippen MR) is 60.4 cm³/mol. The summed E-state index contributed by atoms with van der Waals surface area (Å²) in [4.78, 5) is 0. The smallest absolute Gasteiger partial charge is 0.119 e. The van der Waals surface area contributed by atoms with Crippen molar-refractivity contribution in [3.05, 3.63) is 29.3 Å². The number of rotatable bonds is 1. The van der Waals surface area contributed by atoms with Gasteiger partial charge in [-0.25, -0.2) is 0 Å². The van der Waals surface area contributed by atoms with E-state index in [0.29, 0.717) is 5.54 Å². The van der Waals surface area contributed by atoms with E-state index in [1.165, 1.54) is 43.4 Å². The molecule has 2 aliphatic rings. The minimum Gasteiger partial charge on any atom is -0.497 e. The van der Waals surface area contributed by atoms with Crippen LogP contribution < -0.4 is 10.1 Å². The maximum atomic E-state index is 5.28. The quantitative estimate of drug-likeness (QED) is 0.753. The molecule has 1 aromatic carbocycles. The van der Waals surface area contributed by atoms with Crippen LogP contribution in [0.2, 0.25) is 0 Å². The van der Waals surface area contributed by atoms with Crippen LogP contribution >= 0.6 is 0 Å². The lowest BCUT2D eigenvalue weighted by molar-refractivity contribution is 0.181. The Morgan fingerprint density at radius 2 is 2.13 bits per heavy atom. The second-order valence-corrected chi connectivity index (χ2v) is 4.77. The van der Waals surface area contributed by atoms with Crippen molar-refractivity contribution < 1.29 is 4.74 Å². The first-order valence-electron chi connectivity index (χ1n) is 5.72. The summed E-state index contributed by atoms with van der Waals surface area (Å²) >= 11 is 0. The first-order chi connectivity index (χ1) is 7.31. The number of fused-ring (bicyclic) bond motifs is 1. The van der Waals surface area contributed by atoms with E-state index >= 15 is 0 Å². The van der Waals surface area contributed by atoms with Crippen molar-refractivity contribution in [3.63, 3.8) is 0 Å². The fraction of sp³-hybridized carbons (Fsp3) is 0.538. The van der Waals surface area contributed by atoms with Gasteiger partial charge in [0.15, 0.2) is 0 Å². The monoisotopic (exact) mass is 203 g/mol. The van der Waals surface area contributed by atoms with Crippen LogP contribution in [0.4, 0.5) is 0 Å².